The Hall–Kier alpha value is -2.14. The Morgan fingerprint density at radius 1 is 1.15 bits per heavy atom. The van der Waals surface area contributed by atoms with E-state index in [4.69, 9.17) is 16.3 Å². The summed E-state index contributed by atoms with van der Waals surface area (Å²) < 4.78 is 6.88. The second-order valence-electron chi connectivity index (χ2n) is 4.50. The Bertz CT molecular complexity index is 780. The fourth-order valence-corrected chi connectivity index (χ4v) is 2.56. The first kappa shape index (κ1) is 12.9. The monoisotopic (exact) mass is 288 g/mol. The Balaban J connectivity index is 2.20. The number of hydrogen-bond donors (Lipinski definition) is 0. The second-order valence-corrected chi connectivity index (χ2v) is 4.88. The fourth-order valence-electron chi connectivity index (χ4n) is 2.20. The number of methoxy groups -OCH3 is 1. The molecule has 20 heavy (non-hydrogen) atoms. The number of rotatable bonds is 2. The van der Waals surface area contributed by atoms with Crippen LogP contribution in [0, 0.1) is 6.92 Å². The lowest BCUT2D eigenvalue weighted by Crippen LogP contribution is -1.95. The standard InChI is InChI=1S/C14H13ClN4O/c1-8-12-14(19(2)18-8)11(15)13(17-16-12)9-4-6-10(20-3)7-5-9/h4-7H,1-3H3. The third kappa shape index (κ3) is 1.91. The van der Waals surface area contributed by atoms with Gasteiger partial charge in [-0.25, -0.2) is 0 Å². The number of hydrogen-bond acceptors (Lipinski definition) is 4. The van der Waals surface area contributed by atoms with Gasteiger partial charge in [-0.3, -0.25) is 4.68 Å². The topological polar surface area (TPSA) is 52.8 Å². The summed E-state index contributed by atoms with van der Waals surface area (Å²) in [6.45, 7) is 1.89. The first-order valence-electron chi connectivity index (χ1n) is 6.11. The molecule has 5 nitrogen and oxygen atoms in total. The minimum Gasteiger partial charge on any atom is -0.497 e. The minimum absolute atomic E-state index is 0.559. The van der Waals surface area contributed by atoms with Gasteiger partial charge in [-0.05, 0) is 31.2 Å². The van der Waals surface area contributed by atoms with Crippen LogP contribution in [0.25, 0.3) is 22.3 Å². The van der Waals surface area contributed by atoms with Crippen molar-refractivity contribution in [1.82, 2.24) is 20.0 Å². The number of aryl methyl sites for hydroxylation is 2. The lowest BCUT2D eigenvalue weighted by Gasteiger charge is -2.06. The number of benzene rings is 1. The SMILES string of the molecule is COc1ccc(-c2nnc3c(C)nn(C)c3c2Cl)cc1. The summed E-state index contributed by atoms with van der Waals surface area (Å²) in [6.07, 6.45) is 0. The van der Waals surface area contributed by atoms with Gasteiger partial charge in [0.25, 0.3) is 0 Å². The molecule has 0 aliphatic heterocycles. The van der Waals surface area contributed by atoms with Crippen molar-refractivity contribution in [3.05, 3.63) is 35.0 Å². The van der Waals surface area contributed by atoms with Gasteiger partial charge >= 0.3 is 0 Å². The highest BCUT2D eigenvalue weighted by Gasteiger charge is 2.16. The molecule has 2 aromatic heterocycles. The van der Waals surface area contributed by atoms with Gasteiger partial charge in [0.1, 0.15) is 22.5 Å². The molecule has 0 unspecified atom stereocenters. The summed E-state index contributed by atoms with van der Waals surface area (Å²) in [5, 5.41) is 13.3. The highest BCUT2D eigenvalue weighted by Crippen LogP contribution is 2.32. The molecule has 3 rings (SSSR count). The van der Waals surface area contributed by atoms with Gasteiger partial charge in [0.05, 0.1) is 17.8 Å². The van der Waals surface area contributed by atoms with Crippen LogP contribution in [-0.4, -0.2) is 27.1 Å². The zero-order valence-corrected chi connectivity index (χ0v) is 12.1. The van der Waals surface area contributed by atoms with Crippen molar-refractivity contribution in [3.8, 4) is 17.0 Å². The van der Waals surface area contributed by atoms with Crippen LogP contribution >= 0.6 is 11.6 Å². The molecule has 0 aliphatic carbocycles. The van der Waals surface area contributed by atoms with E-state index in [0.29, 0.717) is 10.7 Å². The Kier molecular flexibility index (Phi) is 3.06. The Morgan fingerprint density at radius 3 is 2.50 bits per heavy atom. The number of fused-ring (bicyclic) bond motifs is 1. The van der Waals surface area contributed by atoms with E-state index in [0.717, 1.165) is 28.0 Å². The zero-order valence-electron chi connectivity index (χ0n) is 11.4. The van der Waals surface area contributed by atoms with Crippen LogP contribution in [0.15, 0.2) is 24.3 Å². The quantitative estimate of drug-likeness (QED) is 0.727. The molecule has 0 fully saturated rings. The van der Waals surface area contributed by atoms with Crippen LogP contribution in [0.5, 0.6) is 5.75 Å². The predicted octanol–water partition coefficient (Wildman–Crippen LogP) is 3.00. The van der Waals surface area contributed by atoms with Crippen molar-refractivity contribution in [2.24, 2.45) is 7.05 Å². The van der Waals surface area contributed by atoms with Crippen molar-refractivity contribution in [2.75, 3.05) is 7.11 Å². The van der Waals surface area contributed by atoms with Crippen molar-refractivity contribution in [3.63, 3.8) is 0 Å². The molecule has 102 valence electrons. The summed E-state index contributed by atoms with van der Waals surface area (Å²) in [5.74, 6) is 0.787. The Labute approximate surface area is 121 Å². The van der Waals surface area contributed by atoms with Crippen molar-refractivity contribution in [1.29, 1.82) is 0 Å². The molecule has 2 heterocycles. The van der Waals surface area contributed by atoms with Gasteiger partial charge in [-0.15, -0.1) is 10.2 Å². The third-order valence-electron chi connectivity index (χ3n) is 3.22. The van der Waals surface area contributed by atoms with Gasteiger partial charge in [0.15, 0.2) is 0 Å². The molecule has 0 saturated carbocycles. The van der Waals surface area contributed by atoms with Crippen LogP contribution < -0.4 is 4.74 Å². The van der Waals surface area contributed by atoms with E-state index < -0.39 is 0 Å². The van der Waals surface area contributed by atoms with Crippen LogP contribution in [0.3, 0.4) is 0 Å². The molecule has 1 aromatic carbocycles. The molecule has 3 aromatic rings. The molecule has 0 bridgehead atoms. The van der Waals surface area contributed by atoms with E-state index >= 15 is 0 Å². The molecule has 0 spiro atoms. The maximum atomic E-state index is 6.47. The van der Waals surface area contributed by atoms with Crippen LogP contribution in [-0.2, 0) is 7.05 Å². The van der Waals surface area contributed by atoms with E-state index in [1.807, 2.05) is 38.2 Å². The van der Waals surface area contributed by atoms with E-state index in [9.17, 15) is 0 Å². The van der Waals surface area contributed by atoms with Crippen molar-refractivity contribution in [2.45, 2.75) is 6.92 Å². The molecule has 0 N–H and O–H groups in total. The summed E-state index contributed by atoms with van der Waals surface area (Å²) in [7, 11) is 3.48. The molecule has 0 amide bonds. The van der Waals surface area contributed by atoms with Crippen molar-refractivity contribution < 1.29 is 4.74 Å². The maximum absolute atomic E-state index is 6.47. The number of nitrogens with zero attached hydrogens (tertiary/aromatic N) is 4. The van der Waals surface area contributed by atoms with Gasteiger partial charge in [-0.1, -0.05) is 11.6 Å². The average molecular weight is 289 g/mol. The lowest BCUT2D eigenvalue weighted by atomic mass is 10.1. The smallest absolute Gasteiger partial charge is 0.135 e. The molecular weight excluding hydrogens is 276 g/mol. The van der Waals surface area contributed by atoms with Gasteiger partial charge in [0.2, 0.25) is 0 Å². The number of halogens is 1. The maximum Gasteiger partial charge on any atom is 0.135 e. The normalized spacial score (nSPS) is 11.0. The largest absolute Gasteiger partial charge is 0.497 e. The third-order valence-corrected chi connectivity index (χ3v) is 3.58. The second kappa shape index (κ2) is 4.76. The molecular formula is C14H13ClN4O. The zero-order chi connectivity index (χ0) is 14.3. The molecule has 0 radical (unpaired) electrons. The Morgan fingerprint density at radius 2 is 1.85 bits per heavy atom. The summed E-state index contributed by atoms with van der Waals surface area (Å²) >= 11 is 6.47. The van der Waals surface area contributed by atoms with Gasteiger partial charge < -0.3 is 4.74 Å². The fraction of sp³-hybridized carbons (Fsp3) is 0.214. The van der Waals surface area contributed by atoms with Crippen LogP contribution in [0.1, 0.15) is 5.69 Å². The van der Waals surface area contributed by atoms with Crippen LogP contribution in [0.2, 0.25) is 5.02 Å². The molecule has 0 saturated heterocycles. The summed E-state index contributed by atoms with van der Waals surface area (Å²) in [5.41, 5.74) is 3.88. The highest BCUT2D eigenvalue weighted by atomic mass is 35.5. The van der Waals surface area contributed by atoms with Crippen molar-refractivity contribution >= 4 is 22.6 Å². The number of aromatic nitrogens is 4. The lowest BCUT2D eigenvalue weighted by molar-refractivity contribution is 0.415. The molecule has 0 atom stereocenters. The highest BCUT2D eigenvalue weighted by molar-refractivity contribution is 6.37. The number of ether oxygens (including phenoxy) is 1. The van der Waals surface area contributed by atoms with E-state index in [-0.39, 0.29) is 0 Å². The molecule has 6 heteroatoms. The van der Waals surface area contributed by atoms with E-state index in [1.54, 1.807) is 11.8 Å². The van der Waals surface area contributed by atoms with Gasteiger partial charge in [0, 0.05) is 12.6 Å². The van der Waals surface area contributed by atoms with E-state index in [2.05, 4.69) is 15.3 Å². The summed E-state index contributed by atoms with van der Waals surface area (Å²) in [4.78, 5) is 0. The predicted molar refractivity (Wildman–Crippen MR) is 78.0 cm³/mol. The first-order valence-corrected chi connectivity index (χ1v) is 6.49. The summed E-state index contributed by atoms with van der Waals surface area (Å²) in [6, 6.07) is 7.55. The minimum atomic E-state index is 0.559. The average Bonchev–Trinajstić information content (AvgIpc) is 2.75. The van der Waals surface area contributed by atoms with Gasteiger partial charge in [-0.2, -0.15) is 5.10 Å². The molecule has 0 aliphatic rings. The van der Waals surface area contributed by atoms with E-state index in [1.165, 1.54) is 0 Å². The first-order chi connectivity index (χ1) is 9.61. The van der Waals surface area contributed by atoms with Crippen LogP contribution in [0.4, 0.5) is 0 Å².